The zero-order chi connectivity index (χ0) is 20.3. The highest BCUT2D eigenvalue weighted by atomic mass is 19.1. The van der Waals surface area contributed by atoms with Crippen molar-refractivity contribution in [2.24, 2.45) is 5.92 Å². The summed E-state index contributed by atoms with van der Waals surface area (Å²) in [7, 11) is 0. The monoisotopic (exact) mass is 368 g/mol. The van der Waals surface area contributed by atoms with Crippen molar-refractivity contribution in [3.63, 3.8) is 0 Å². The van der Waals surface area contributed by atoms with Gasteiger partial charge in [-0.05, 0) is 42.2 Å². The number of Topliss-reactive ketones (excluding diaryl/α,β-unsaturated/α-hetero) is 1. The molecule has 0 fully saturated rings. The Morgan fingerprint density at radius 1 is 1.19 bits per heavy atom. The van der Waals surface area contributed by atoms with E-state index in [2.05, 4.69) is 0 Å². The summed E-state index contributed by atoms with van der Waals surface area (Å²) in [5.41, 5.74) is 3.27. The number of ketones is 1. The standard InChI is InChI=1S/C22H25FN2O2/c1-6-15-8-7-9-16(20(15)21(26)12(2)3)18-10-13(4)17(11-19(18)23)22(25)27-14(5)24/h7-12,24-25H,6H2,1-5H3. The second-order valence-electron chi connectivity index (χ2n) is 6.85. The molecule has 0 atom stereocenters. The molecule has 0 amide bonds. The van der Waals surface area contributed by atoms with Crippen LogP contribution in [-0.4, -0.2) is 17.6 Å². The van der Waals surface area contributed by atoms with Gasteiger partial charge in [0.05, 0.1) is 0 Å². The third-order valence-corrected chi connectivity index (χ3v) is 4.41. The summed E-state index contributed by atoms with van der Waals surface area (Å²) in [6.45, 7) is 8.81. The zero-order valence-corrected chi connectivity index (χ0v) is 16.4. The number of halogens is 1. The largest absolute Gasteiger partial charge is 0.426 e. The van der Waals surface area contributed by atoms with Gasteiger partial charge >= 0.3 is 0 Å². The van der Waals surface area contributed by atoms with Crippen LogP contribution in [0, 0.1) is 29.5 Å². The Balaban J connectivity index is 2.66. The molecule has 0 heterocycles. The Morgan fingerprint density at radius 2 is 1.85 bits per heavy atom. The van der Waals surface area contributed by atoms with E-state index in [0.29, 0.717) is 28.7 Å². The van der Waals surface area contributed by atoms with Gasteiger partial charge in [-0.25, -0.2) is 4.39 Å². The maximum absolute atomic E-state index is 15.0. The summed E-state index contributed by atoms with van der Waals surface area (Å²) in [4.78, 5) is 12.8. The Hall–Kier alpha value is -2.82. The first-order valence-corrected chi connectivity index (χ1v) is 8.95. The van der Waals surface area contributed by atoms with Crippen molar-refractivity contribution in [2.75, 3.05) is 0 Å². The van der Waals surface area contributed by atoms with Crippen LogP contribution in [0.25, 0.3) is 11.1 Å². The summed E-state index contributed by atoms with van der Waals surface area (Å²) in [6.07, 6.45) is 0.678. The number of hydrogen-bond donors (Lipinski definition) is 2. The van der Waals surface area contributed by atoms with Crippen LogP contribution in [-0.2, 0) is 11.2 Å². The topological polar surface area (TPSA) is 74.0 Å². The molecule has 0 bridgehead atoms. The van der Waals surface area contributed by atoms with Crippen molar-refractivity contribution >= 4 is 17.6 Å². The summed E-state index contributed by atoms with van der Waals surface area (Å²) >= 11 is 0. The van der Waals surface area contributed by atoms with Crippen LogP contribution in [0.5, 0.6) is 0 Å². The van der Waals surface area contributed by atoms with Gasteiger partial charge in [0.2, 0.25) is 5.90 Å². The molecule has 4 nitrogen and oxygen atoms in total. The molecule has 5 heteroatoms. The van der Waals surface area contributed by atoms with Gasteiger partial charge in [-0.3, -0.25) is 15.6 Å². The fourth-order valence-electron chi connectivity index (χ4n) is 3.04. The van der Waals surface area contributed by atoms with Gasteiger partial charge in [0, 0.05) is 29.5 Å². The fourth-order valence-corrected chi connectivity index (χ4v) is 3.04. The number of ether oxygens (including phenoxy) is 1. The second-order valence-corrected chi connectivity index (χ2v) is 6.85. The predicted octanol–water partition coefficient (Wildman–Crippen LogP) is 5.54. The molecule has 27 heavy (non-hydrogen) atoms. The van der Waals surface area contributed by atoms with Crippen molar-refractivity contribution < 1.29 is 13.9 Å². The van der Waals surface area contributed by atoms with E-state index in [0.717, 1.165) is 5.56 Å². The molecule has 0 radical (unpaired) electrons. The van der Waals surface area contributed by atoms with Gasteiger partial charge < -0.3 is 4.74 Å². The Bertz CT molecular complexity index is 917. The Labute approximate surface area is 159 Å². The normalized spacial score (nSPS) is 10.8. The van der Waals surface area contributed by atoms with Gasteiger partial charge in [-0.1, -0.05) is 39.0 Å². The highest BCUT2D eigenvalue weighted by molar-refractivity contribution is 6.05. The van der Waals surface area contributed by atoms with Crippen LogP contribution in [0.3, 0.4) is 0 Å². The quantitative estimate of drug-likeness (QED) is 0.413. The van der Waals surface area contributed by atoms with E-state index in [9.17, 15) is 9.18 Å². The first-order chi connectivity index (χ1) is 12.7. The van der Waals surface area contributed by atoms with Crippen LogP contribution in [0.4, 0.5) is 4.39 Å². The van der Waals surface area contributed by atoms with Gasteiger partial charge in [0.15, 0.2) is 11.7 Å². The first kappa shape index (κ1) is 20.5. The lowest BCUT2D eigenvalue weighted by molar-refractivity contribution is 0.0939. The summed E-state index contributed by atoms with van der Waals surface area (Å²) in [6, 6.07) is 8.36. The van der Waals surface area contributed by atoms with E-state index in [1.807, 2.05) is 32.9 Å². The lowest BCUT2D eigenvalue weighted by Gasteiger charge is -2.17. The molecule has 0 saturated heterocycles. The molecule has 0 aliphatic rings. The smallest absolute Gasteiger partial charge is 0.221 e. The maximum atomic E-state index is 15.0. The molecule has 2 N–H and O–H groups in total. The molecular weight excluding hydrogens is 343 g/mol. The molecule has 142 valence electrons. The van der Waals surface area contributed by atoms with E-state index in [1.165, 1.54) is 13.0 Å². The van der Waals surface area contributed by atoms with E-state index in [-0.39, 0.29) is 29.1 Å². The van der Waals surface area contributed by atoms with Crippen molar-refractivity contribution in [3.05, 3.63) is 58.4 Å². The second kappa shape index (κ2) is 8.25. The lowest BCUT2D eigenvalue weighted by atomic mass is 9.87. The van der Waals surface area contributed by atoms with E-state index in [1.54, 1.807) is 19.1 Å². The predicted molar refractivity (Wildman–Crippen MR) is 106 cm³/mol. The van der Waals surface area contributed by atoms with Crippen LogP contribution in [0.15, 0.2) is 30.3 Å². The van der Waals surface area contributed by atoms with E-state index >= 15 is 0 Å². The molecule has 2 aromatic carbocycles. The SMILES string of the molecule is CCc1cccc(-c2cc(C)c(C(=N)OC(C)=N)cc2F)c1C(=O)C(C)C. The Kier molecular flexibility index (Phi) is 6.26. The van der Waals surface area contributed by atoms with E-state index in [4.69, 9.17) is 15.6 Å². The molecule has 0 aliphatic heterocycles. The molecule has 0 aliphatic carbocycles. The number of aryl methyl sites for hydroxylation is 2. The van der Waals surface area contributed by atoms with Crippen molar-refractivity contribution in [1.29, 1.82) is 10.8 Å². The number of rotatable bonds is 5. The summed E-state index contributed by atoms with van der Waals surface area (Å²) in [5.74, 6) is -1.15. The number of hydrogen-bond acceptors (Lipinski definition) is 4. The minimum absolute atomic E-state index is 0.0147. The highest BCUT2D eigenvalue weighted by Gasteiger charge is 2.22. The van der Waals surface area contributed by atoms with Crippen LogP contribution in [0.1, 0.15) is 54.7 Å². The third-order valence-electron chi connectivity index (χ3n) is 4.41. The molecule has 0 aromatic heterocycles. The van der Waals surface area contributed by atoms with Gasteiger partial charge in [-0.15, -0.1) is 0 Å². The zero-order valence-electron chi connectivity index (χ0n) is 16.4. The van der Waals surface area contributed by atoms with Crippen molar-refractivity contribution in [3.8, 4) is 11.1 Å². The van der Waals surface area contributed by atoms with Crippen molar-refractivity contribution in [1.82, 2.24) is 0 Å². The lowest BCUT2D eigenvalue weighted by Crippen LogP contribution is -2.13. The average Bonchev–Trinajstić information content (AvgIpc) is 2.61. The van der Waals surface area contributed by atoms with E-state index < -0.39 is 5.82 Å². The summed E-state index contributed by atoms with van der Waals surface area (Å²) < 4.78 is 20.0. The van der Waals surface area contributed by atoms with Crippen LogP contribution in [0.2, 0.25) is 0 Å². The van der Waals surface area contributed by atoms with Gasteiger partial charge in [0.1, 0.15) is 5.82 Å². The average molecular weight is 368 g/mol. The number of nitrogens with one attached hydrogen (secondary N) is 2. The molecule has 0 saturated carbocycles. The molecular formula is C22H25FN2O2. The highest BCUT2D eigenvalue weighted by Crippen LogP contribution is 2.32. The van der Waals surface area contributed by atoms with Crippen LogP contribution < -0.4 is 0 Å². The fraction of sp³-hybridized carbons (Fsp3) is 0.318. The first-order valence-electron chi connectivity index (χ1n) is 8.95. The molecule has 0 spiro atoms. The minimum Gasteiger partial charge on any atom is -0.426 e. The number of carbonyl (C=O) groups is 1. The maximum Gasteiger partial charge on any atom is 0.221 e. The van der Waals surface area contributed by atoms with Gasteiger partial charge in [-0.2, -0.15) is 0 Å². The van der Waals surface area contributed by atoms with Crippen LogP contribution >= 0.6 is 0 Å². The molecule has 2 aromatic rings. The van der Waals surface area contributed by atoms with Crippen molar-refractivity contribution in [2.45, 2.75) is 41.0 Å². The Morgan fingerprint density at radius 3 is 2.41 bits per heavy atom. The third kappa shape index (κ3) is 4.30. The number of carbonyl (C=O) groups excluding carboxylic acids is 1. The molecule has 0 unspecified atom stereocenters. The van der Waals surface area contributed by atoms with Gasteiger partial charge in [0.25, 0.3) is 0 Å². The summed E-state index contributed by atoms with van der Waals surface area (Å²) in [5, 5.41) is 15.3. The number of benzene rings is 2. The minimum atomic E-state index is -0.530. The molecule has 2 rings (SSSR count).